The highest BCUT2D eigenvalue weighted by molar-refractivity contribution is 5.93. The fourth-order valence-electron chi connectivity index (χ4n) is 3.21. The summed E-state index contributed by atoms with van der Waals surface area (Å²) in [7, 11) is 1.61. The number of rotatable bonds is 5. The Morgan fingerprint density at radius 2 is 1.83 bits per heavy atom. The van der Waals surface area contributed by atoms with Gasteiger partial charge in [0.15, 0.2) is 0 Å². The fraction of sp³-hybridized carbons (Fsp3) is 0.174. The number of nitrogens with zero attached hydrogens (tertiary/aromatic N) is 3. The third-order valence-electron chi connectivity index (χ3n) is 4.68. The highest BCUT2D eigenvalue weighted by atomic mass is 16.5. The van der Waals surface area contributed by atoms with Crippen LogP contribution in [0.4, 0.5) is 0 Å². The summed E-state index contributed by atoms with van der Waals surface area (Å²) in [6, 6.07) is 14.9. The molecule has 0 aliphatic heterocycles. The molecule has 0 N–H and O–H groups in total. The molecule has 0 bridgehead atoms. The first kappa shape index (κ1) is 18.7. The van der Waals surface area contributed by atoms with Crippen molar-refractivity contribution >= 4 is 10.9 Å². The second-order valence-electron chi connectivity index (χ2n) is 6.59. The number of benzene rings is 1. The van der Waals surface area contributed by atoms with Crippen LogP contribution in [0.1, 0.15) is 12.6 Å². The molecule has 0 spiro atoms. The van der Waals surface area contributed by atoms with Crippen LogP contribution in [0.15, 0.2) is 65.7 Å². The maximum atomic E-state index is 13.5. The van der Waals surface area contributed by atoms with E-state index in [0.29, 0.717) is 23.6 Å². The summed E-state index contributed by atoms with van der Waals surface area (Å²) in [5.41, 5.74) is 3.26. The van der Waals surface area contributed by atoms with Gasteiger partial charge < -0.3 is 9.47 Å². The summed E-state index contributed by atoms with van der Waals surface area (Å²) in [6.07, 6.45) is 3.51. The lowest BCUT2D eigenvalue weighted by atomic mass is 10.1. The predicted molar refractivity (Wildman–Crippen MR) is 113 cm³/mol. The molecule has 0 amide bonds. The fourth-order valence-corrected chi connectivity index (χ4v) is 3.21. The van der Waals surface area contributed by atoms with Crippen molar-refractivity contribution < 1.29 is 9.47 Å². The van der Waals surface area contributed by atoms with Gasteiger partial charge in [0.1, 0.15) is 5.75 Å². The molecular formula is C23H21N3O3. The summed E-state index contributed by atoms with van der Waals surface area (Å²) in [6.45, 7) is 4.31. The molecule has 3 heterocycles. The van der Waals surface area contributed by atoms with Crippen molar-refractivity contribution in [3.05, 3.63) is 77.0 Å². The number of aromatic nitrogens is 3. The van der Waals surface area contributed by atoms with Gasteiger partial charge in [-0.2, -0.15) is 0 Å². The summed E-state index contributed by atoms with van der Waals surface area (Å²) in [5, 5.41) is 0.833. The predicted octanol–water partition coefficient (Wildman–Crippen LogP) is 4.16. The molecule has 4 rings (SSSR count). The number of fused-ring (bicyclic) bond motifs is 1. The molecule has 6 heteroatoms. The van der Waals surface area contributed by atoms with Gasteiger partial charge in [-0.05, 0) is 50.2 Å². The van der Waals surface area contributed by atoms with E-state index in [-0.39, 0.29) is 5.56 Å². The Kier molecular flexibility index (Phi) is 4.99. The van der Waals surface area contributed by atoms with E-state index in [9.17, 15) is 4.79 Å². The molecule has 6 nitrogen and oxygen atoms in total. The maximum Gasteiger partial charge on any atom is 0.265 e. The van der Waals surface area contributed by atoms with E-state index in [1.165, 1.54) is 0 Å². The minimum atomic E-state index is -0.172. The third kappa shape index (κ3) is 3.57. The largest absolute Gasteiger partial charge is 0.497 e. The summed E-state index contributed by atoms with van der Waals surface area (Å²) in [5.74, 6) is 1.22. The first-order chi connectivity index (χ1) is 14.1. The standard InChI is InChI=1S/C23H21N3O3/c1-4-29-20-12-7-17-14-26(18-8-10-19(28-3)11-9-18)23(27)21(22(17)25-20)16-6-5-15(2)24-13-16/h5-14H,4H2,1-3H3. The molecule has 4 aromatic rings. The highest BCUT2D eigenvalue weighted by Crippen LogP contribution is 2.27. The van der Waals surface area contributed by atoms with Crippen LogP contribution in [0.5, 0.6) is 11.6 Å². The summed E-state index contributed by atoms with van der Waals surface area (Å²) >= 11 is 0. The van der Waals surface area contributed by atoms with Crippen LogP contribution in [0.2, 0.25) is 0 Å². The van der Waals surface area contributed by atoms with Crippen molar-refractivity contribution in [1.29, 1.82) is 0 Å². The Balaban J connectivity index is 2.01. The van der Waals surface area contributed by atoms with Crippen LogP contribution in [-0.4, -0.2) is 28.3 Å². The van der Waals surface area contributed by atoms with Gasteiger partial charge in [0.05, 0.1) is 24.8 Å². The lowest BCUT2D eigenvalue weighted by molar-refractivity contribution is 0.328. The highest BCUT2D eigenvalue weighted by Gasteiger charge is 2.16. The molecule has 0 saturated heterocycles. The normalized spacial score (nSPS) is 10.9. The summed E-state index contributed by atoms with van der Waals surface area (Å²) in [4.78, 5) is 22.5. The lowest BCUT2D eigenvalue weighted by Crippen LogP contribution is -2.20. The zero-order valence-corrected chi connectivity index (χ0v) is 16.5. The van der Waals surface area contributed by atoms with Crippen molar-refractivity contribution in [2.75, 3.05) is 13.7 Å². The zero-order chi connectivity index (χ0) is 20.4. The van der Waals surface area contributed by atoms with E-state index < -0.39 is 0 Å². The molecule has 1 aromatic carbocycles. The topological polar surface area (TPSA) is 66.2 Å². The van der Waals surface area contributed by atoms with Crippen molar-refractivity contribution in [1.82, 2.24) is 14.5 Å². The van der Waals surface area contributed by atoms with Crippen LogP contribution in [0, 0.1) is 6.92 Å². The van der Waals surface area contributed by atoms with Gasteiger partial charge in [0.2, 0.25) is 5.88 Å². The Bertz CT molecular complexity index is 1210. The minimum Gasteiger partial charge on any atom is -0.497 e. The second kappa shape index (κ2) is 7.75. The molecule has 0 aliphatic carbocycles. The first-order valence-electron chi connectivity index (χ1n) is 9.37. The van der Waals surface area contributed by atoms with Gasteiger partial charge in [0, 0.05) is 40.8 Å². The van der Waals surface area contributed by atoms with Crippen LogP contribution >= 0.6 is 0 Å². The quantitative estimate of drug-likeness (QED) is 0.514. The van der Waals surface area contributed by atoms with E-state index in [2.05, 4.69) is 9.97 Å². The Labute approximate surface area is 168 Å². The van der Waals surface area contributed by atoms with Gasteiger partial charge in [-0.15, -0.1) is 0 Å². The molecule has 3 aromatic heterocycles. The van der Waals surface area contributed by atoms with Gasteiger partial charge in [-0.1, -0.05) is 6.07 Å². The van der Waals surface area contributed by atoms with Gasteiger partial charge in [-0.3, -0.25) is 14.3 Å². The Hall–Kier alpha value is -3.67. The minimum absolute atomic E-state index is 0.172. The van der Waals surface area contributed by atoms with E-state index in [1.54, 1.807) is 24.1 Å². The van der Waals surface area contributed by atoms with Crippen LogP contribution in [-0.2, 0) is 0 Å². The average molecular weight is 387 g/mol. The molecule has 0 unspecified atom stereocenters. The number of hydrogen-bond donors (Lipinski definition) is 0. The van der Waals surface area contributed by atoms with Gasteiger partial charge in [-0.25, -0.2) is 4.98 Å². The van der Waals surface area contributed by atoms with E-state index >= 15 is 0 Å². The van der Waals surface area contributed by atoms with Crippen molar-refractivity contribution in [3.63, 3.8) is 0 Å². The van der Waals surface area contributed by atoms with E-state index in [1.807, 2.05) is 62.4 Å². The number of methoxy groups -OCH3 is 1. The van der Waals surface area contributed by atoms with Crippen molar-refractivity contribution in [2.45, 2.75) is 13.8 Å². The van der Waals surface area contributed by atoms with E-state index in [4.69, 9.17) is 9.47 Å². The van der Waals surface area contributed by atoms with E-state index in [0.717, 1.165) is 28.1 Å². The summed E-state index contributed by atoms with van der Waals surface area (Å²) < 4.78 is 12.4. The van der Waals surface area contributed by atoms with Crippen molar-refractivity contribution in [2.24, 2.45) is 0 Å². The van der Waals surface area contributed by atoms with Crippen LogP contribution < -0.4 is 15.0 Å². The molecule has 146 valence electrons. The smallest absolute Gasteiger partial charge is 0.265 e. The molecule has 0 aliphatic rings. The maximum absolute atomic E-state index is 13.5. The van der Waals surface area contributed by atoms with Gasteiger partial charge >= 0.3 is 0 Å². The lowest BCUT2D eigenvalue weighted by Gasteiger charge is -2.13. The van der Waals surface area contributed by atoms with Crippen LogP contribution in [0.25, 0.3) is 27.7 Å². The SMILES string of the molecule is CCOc1ccc2cn(-c3ccc(OC)cc3)c(=O)c(-c3ccc(C)nc3)c2n1. The van der Waals surface area contributed by atoms with Gasteiger partial charge in [0.25, 0.3) is 5.56 Å². The Morgan fingerprint density at radius 3 is 2.48 bits per heavy atom. The van der Waals surface area contributed by atoms with Crippen LogP contribution in [0.3, 0.4) is 0 Å². The third-order valence-corrected chi connectivity index (χ3v) is 4.68. The number of pyridine rings is 3. The zero-order valence-electron chi connectivity index (χ0n) is 16.5. The average Bonchev–Trinajstić information content (AvgIpc) is 2.75. The second-order valence-corrected chi connectivity index (χ2v) is 6.59. The molecular weight excluding hydrogens is 366 g/mol. The Morgan fingerprint density at radius 1 is 1.03 bits per heavy atom. The molecule has 0 fully saturated rings. The molecule has 0 saturated carbocycles. The monoisotopic (exact) mass is 387 g/mol. The molecule has 29 heavy (non-hydrogen) atoms. The first-order valence-corrected chi connectivity index (χ1v) is 9.37. The molecule has 0 radical (unpaired) electrons. The number of ether oxygens (including phenoxy) is 2. The number of aryl methyl sites for hydroxylation is 1. The van der Waals surface area contributed by atoms with Crippen molar-refractivity contribution in [3.8, 4) is 28.4 Å². The molecule has 0 atom stereocenters. The number of hydrogen-bond acceptors (Lipinski definition) is 5.